The first-order valence-corrected chi connectivity index (χ1v) is 4.90. The molecule has 83 valence electrons. The lowest BCUT2D eigenvalue weighted by Crippen LogP contribution is -2.10. The van der Waals surface area contributed by atoms with Crippen LogP contribution in [0.4, 0.5) is 0 Å². The lowest BCUT2D eigenvalue weighted by atomic mass is 10.2. The molecule has 0 N–H and O–H groups in total. The molecule has 2 heterocycles. The van der Waals surface area contributed by atoms with Crippen molar-refractivity contribution in [3.63, 3.8) is 0 Å². The van der Waals surface area contributed by atoms with E-state index in [1.807, 2.05) is 30.3 Å². The molecular weight excluding hydrogens is 220 g/mol. The molecule has 3 aromatic rings. The average molecular weight is 227 g/mol. The molecule has 0 saturated heterocycles. The van der Waals surface area contributed by atoms with Gasteiger partial charge in [-0.2, -0.15) is 4.68 Å². The Morgan fingerprint density at radius 1 is 1.06 bits per heavy atom. The zero-order valence-corrected chi connectivity index (χ0v) is 8.67. The summed E-state index contributed by atoms with van der Waals surface area (Å²) in [5.41, 5.74) is 1.09. The molecule has 0 aliphatic rings. The molecule has 0 spiro atoms. The van der Waals surface area contributed by atoms with Gasteiger partial charge in [-0.1, -0.05) is 35.4 Å². The molecule has 3 rings (SSSR count). The molecule has 0 atom stereocenters. The first-order valence-electron chi connectivity index (χ1n) is 4.90. The summed E-state index contributed by atoms with van der Waals surface area (Å²) in [6, 6.07) is 9.87. The topological polar surface area (TPSA) is 87.2 Å². The number of rotatable bonds is 3. The Balaban J connectivity index is 1.92. The highest BCUT2D eigenvalue weighted by atomic mass is 15.6. The summed E-state index contributed by atoms with van der Waals surface area (Å²) in [6.45, 7) is 0.552. The third kappa shape index (κ3) is 1.87. The first kappa shape index (κ1) is 9.58. The summed E-state index contributed by atoms with van der Waals surface area (Å²) in [6.07, 6.45) is 2.55. The van der Waals surface area contributed by atoms with Crippen molar-refractivity contribution in [3.8, 4) is 5.95 Å². The number of benzene rings is 1. The van der Waals surface area contributed by atoms with Crippen LogP contribution in [0.15, 0.2) is 30.3 Å². The molecule has 0 fully saturated rings. The van der Waals surface area contributed by atoms with Gasteiger partial charge in [0.05, 0.1) is 6.54 Å². The molecule has 17 heavy (non-hydrogen) atoms. The van der Waals surface area contributed by atoms with Gasteiger partial charge in [0.15, 0.2) is 0 Å². The van der Waals surface area contributed by atoms with Crippen LogP contribution in [0.3, 0.4) is 0 Å². The van der Waals surface area contributed by atoms with E-state index in [2.05, 4.69) is 37.4 Å². The van der Waals surface area contributed by atoms with Gasteiger partial charge in [-0.05, 0) is 26.4 Å². The summed E-state index contributed by atoms with van der Waals surface area (Å²) < 4.78 is 2.89. The van der Waals surface area contributed by atoms with E-state index < -0.39 is 0 Å². The smallest absolute Gasteiger partial charge is 0.205 e. The van der Waals surface area contributed by atoms with Crippen molar-refractivity contribution in [2.45, 2.75) is 6.54 Å². The van der Waals surface area contributed by atoms with Gasteiger partial charge in [-0.25, -0.2) is 4.68 Å². The number of nitrogens with zero attached hydrogens (tertiary/aromatic N) is 8. The number of hydrogen-bond donors (Lipinski definition) is 0. The Hall–Kier alpha value is -2.64. The van der Waals surface area contributed by atoms with Crippen molar-refractivity contribution in [2.24, 2.45) is 0 Å². The maximum Gasteiger partial charge on any atom is 0.274 e. The molecule has 2 aromatic heterocycles. The Kier molecular flexibility index (Phi) is 2.30. The molecule has 0 amide bonds. The van der Waals surface area contributed by atoms with Crippen LogP contribution in [-0.4, -0.2) is 40.4 Å². The largest absolute Gasteiger partial charge is 0.274 e. The van der Waals surface area contributed by atoms with Crippen molar-refractivity contribution in [2.75, 3.05) is 0 Å². The van der Waals surface area contributed by atoms with E-state index in [0.29, 0.717) is 12.5 Å². The summed E-state index contributed by atoms with van der Waals surface area (Å²) in [5, 5.41) is 22.0. The lowest BCUT2D eigenvalue weighted by molar-refractivity contribution is 0.610. The minimum Gasteiger partial charge on any atom is -0.205 e. The third-order valence-corrected chi connectivity index (χ3v) is 2.19. The van der Waals surface area contributed by atoms with E-state index in [4.69, 9.17) is 0 Å². The average Bonchev–Trinajstić information content (AvgIpc) is 3.00. The Morgan fingerprint density at radius 2 is 1.94 bits per heavy atom. The predicted octanol–water partition coefficient (Wildman–Crippen LogP) is -0.503. The monoisotopic (exact) mass is 227 g/mol. The number of tetrazole rings is 2. The summed E-state index contributed by atoms with van der Waals surface area (Å²) in [4.78, 5) is 0. The Bertz CT molecular complexity index is 585. The summed E-state index contributed by atoms with van der Waals surface area (Å²) in [7, 11) is 0. The van der Waals surface area contributed by atoms with Crippen molar-refractivity contribution >= 4 is 0 Å². The molecule has 1 radical (unpaired) electrons. The molecule has 0 bridgehead atoms. The van der Waals surface area contributed by atoms with Crippen LogP contribution < -0.4 is 0 Å². The fourth-order valence-electron chi connectivity index (χ4n) is 1.44. The molecule has 0 saturated carbocycles. The SMILES string of the molecule is [c]1nnnn1-c1nnnn1Cc1ccccc1. The highest BCUT2D eigenvalue weighted by Crippen LogP contribution is 2.04. The lowest BCUT2D eigenvalue weighted by Gasteiger charge is -2.02. The van der Waals surface area contributed by atoms with Crippen LogP contribution in [0.2, 0.25) is 0 Å². The van der Waals surface area contributed by atoms with Crippen molar-refractivity contribution < 1.29 is 0 Å². The molecule has 8 nitrogen and oxygen atoms in total. The van der Waals surface area contributed by atoms with Gasteiger partial charge in [-0.15, -0.1) is 5.10 Å². The van der Waals surface area contributed by atoms with Crippen LogP contribution in [0.1, 0.15) is 5.56 Å². The van der Waals surface area contributed by atoms with Crippen LogP contribution in [0.25, 0.3) is 5.95 Å². The zero-order chi connectivity index (χ0) is 11.5. The van der Waals surface area contributed by atoms with Gasteiger partial charge in [0, 0.05) is 0 Å². The number of hydrogen-bond acceptors (Lipinski definition) is 6. The van der Waals surface area contributed by atoms with Gasteiger partial charge in [0.1, 0.15) is 0 Å². The highest BCUT2D eigenvalue weighted by Gasteiger charge is 2.09. The van der Waals surface area contributed by atoms with E-state index in [1.165, 1.54) is 4.68 Å². The minimum atomic E-state index is 0.429. The molecular formula is C9H7N8. The van der Waals surface area contributed by atoms with Crippen LogP contribution in [0.5, 0.6) is 0 Å². The van der Waals surface area contributed by atoms with E-state index in [9.17, 15) is 0 Å². The Labute approximate surface area is 95.9 Å². The fraction of sp³-hybridized carbons (Fsp3) is 0.111. The molecule has 0 unspecified atom stereocenters. The Morgan fingerprint density at radius 3 is 2.71 bits per heavy atom. The second kappa shape index (κ2) is 4.08. The molecule has 0 aliphatic carbocycles. The quantitative estimate of drug-likeness (QED) is 0.599. The fourth-order valence-corrected chi connectivity index (χ4v) is 1.44. The van der Waals surface area contributed by atoms with E-state index in [0.717, 1.165) is 5.56 Å². The van der Waals surface area contributed by atoms with Crippen molar-refractivity contribution in [1.29, 1.82) is 0 Å². The predicted molar refractivity (Wildman–Crippen MR) is 54.9 cm³/mol. The van der Waals surface area contributed by atoms with Gasteiger partial charge in [0.25, 0.3) is 5.95 Å². The second-order valence-corrected chi connectivity index (χ2v) is 3.31. The third-order valence-electron chi connectivity index (χ3n) is 2.19. The maximum atomic E-state index is 3.89. The van der Waals surface area contributed by atoms with Crippen LogP contribution >= 0.6 is 0 Å². The molecule has 1 aromatic carbocycles. The second-order valence-electron chi connectivity index (χ2n) is 3.31. The zero-order valence-electron chi connectivity index (χ0n) is 8.67. The highest BCUT2D eigenvalue weighted by molar-refractivity contribution is 5.16. The minimum absolute atomic E-state index is 0.429. The van der Waals surface area contributed by atoms with Crippen LogP contribution in [-0.2, 0) is 6.54 Å². The first-order chi connectivity index (χ1) is 8.43. The van der Waals surface area contributed by atoms with Gasteiger partial charge >= 0.3 is 0 Å². The van der Waals surface area contributed by atoms with Gasteiger partial charge < -0.3 is 0 Å². The van der Waals surface area contributed by atoms with Crippen molar-refractivity contribution in [3.05, 3.63) is 42.2 Å². The number of aromatic nitrogens is 8. The maximum absolute atomic E-state index is 3.89. The normalized spacial score (nSPS) is 10.6. The van der Waals surface area contributed by atoms with E-state index >= 15 is 0 Å². The standard InChI is InChI=1S/C9H7N8/c1-2-4-8(5-3-1)6-16-9(11-13-15-16)17-7-10-12-14-17/h1-5H,6H2. The summed E-state index contributed by atoms with van der Waals surface area (Å²) >= 11 is 0. The van der Waals surface area contributed by atoms with Crippen LogP contribution in [0, 0.1) is 6.33 Å². The summed E-state index contributed by atoms with van der Waals surface area (Å²) in [5.74, 6) is 0.429. The van der Waals surface area contributed by atoms with Gasteiger partial charge in [-0.3, -0.25) is 0 Å². The molecule has 8 heteroatoms. The van der Waals surface area contributed by atoms with Gasteiger partial charge in [0.2, 0.25) is 6.33 Å². The van der Waals surface area contributed by atoms with E-state index in [1.54, 1.807) is 4.68 Å². The molecule has 0 aliphatic heterocycles. The van der Waals surface area contributed by atoms with Crippen molar-refractivity contribution in [1.82, 2.24) is 40.4 Å². The van der Waals surface area contributed by atoms with E-state index in [-0.39, 0.29) is 0 Å².